The zero-order valence-electron chi connectivity index (χ0n) is 10.7. The third-order valence-corrected chi connectivity index (χ3v) is 2.49. The maximum Gasteiger partial charge on any atom is 0.269 e. The fourth-order valence-corrected chi connectivity index (χ4v) is 1.48. The Morgan fingerprint density at radius 2 is 1.71 bits per heavy atom. The van der Waals surface area contributed by atoms with E-state index < -0.39 is 4.92 Å². The van der Waals surface area contributed by atoms with Crippen LogP contribution in [0.4, 0.5) is 29.0 Å². The molecule has 0 unspecified atom stereocenters. The monoisotopic (exact) mass is 288 g/mol. The van der Waals surface area contributed by atoms with Crippen molar-refractivity contribution >= 4 is 35.2 Å². The van der Waals surface area contributed by atoms with Gasteiger partial charge in [0.25, 0.3) is 5.69 Å². The van der Waals surface area contributed by atoms with Crippen molar-refractivity contribution in [2.24, 2.45) is 5.10 Å². The summed E-state index contributed by atoms with van der Waals surface area (Å²) in [6, 6.07) is 5.74. The smallest absolute Gasteiger partial charge is 0.269 e. The number of non-ortho nitro benzene ring substituents is 1. The van der Waals surface area contributed by atoms with Crippen molar-refractivity contribution in [2.45, 2.75) is 0 Å². The van der Waals surface area contributed by atoms with Crippen molar-refractivity contribution in [1.29, 1.82) is 0 Å². The molecule has 108 valence electrons. The van der Waals surface area contributed by atoms with Crippen LogP contribution in [0.3, 0.4) is 0 Å². The maximum atomic E-state index is 10.5. The molecule has 0 fully saturated rings. The summed E-state index contributed by atoms with van der Waals surface area (Å²) < 4.78 is 0. The van der Waals surface area contributed by atoms with Gasteiger partial charge in [-0.1, -0.05) is 0 Å². The molecule has 10 heteroatoms. The molecule has 10 nitrogen and oxygen atoms in total. The highest BCUT2D eigenvalue weighted by Crippen LogP contribution is 2.16. The largest absolute Gasteiger partial charge is 0.383 e. The molecular weight excluding hydrogens is 276 g/mol. The molecule has 1 heterocycles. The van der Waals surface area contributed by atoms with Gasteiger partial charge >= 0.3 is 0 Å². The maximum absolute atomic E-state index is 10.5. The highest BCUT2D eigenvalue weighted by molar-refractivity contribution is 5.91. The van der Waals surface area contributed by atoms with Crippen LogP contribution < -0.4 is 22.6 Å². The predicted molar refractivity (Wildman–Crippen MR) is 79.6 cm³/mol. The van der Waals surface area contributed by atoms with Crippen LogP contribution in [0, 0.1) is 10.1 Å². The van der Waals surface area contributed by atoms with E-state index in [9.17, 15) is 10.1 Å². The van der Waals surface area contributed by atoms with E-state index in [2.05, 4.69) is 20.5 Å². The summed E-state index contributed by atoms with van der Waals surface area (Å²) in [7, 11) is 0. The summed E-state index contributed by atoms with van der Waals surface area (Å²) in [5.74, 6) is 0.189. The number of hydrogen-bond donors (Lipinski definition) is 4. The number of nitro benzene ring substituents is 1. The van der Waals surface area contributed by atoms with Crippen LogP contribution in [0.25, 0.3) is 0 Å². The van der Waals surface area contributed by atoms with Gasteiger partial charge < -0.3 is 17.2 Å². The number of nitrogens with one attached hydrogen (secondary N) is 1. The Morgan fingerprint density at radius 1 is 1.14 bits per heavy atom. The molecule has 0 bridgehead atoms. The average Bonchev–Trinajstić information content (AvgIpc) is 2.42. The summed E-state index contributed by atoms with van der Waals surface area (Å²) >= 11 is 0. The van der Waals surface area contributed by atoms with Crippen LogP contribution in [0.2, 0.25) is 0 Å². The third-order valence-electron chi connectivity index (χ3n) is 2.49. The summed E-state index contributed by atoms with van der Waals surface area (Å²) in [4.78, 5) is 17.6. The lowest BCUT2D eigenvalue weighted by molar-refractivity contribution is -0.384. The number of rotatable bonds is 4. The van der Waals surface area contributed by atoms with Crippen LogP contribution in [0.5, 0.6) is 0 Å². The lowest BCUT2D eigenvalue weighted by atomic mass is 10.3. The Bertz CT molecular complexity index is 675. The Hall–Kier alpha value is -3.43. The molecule has 1 aromatic heterocycles. The first-order chi connectivity index (χ1) is 9.97. The van der Waals surface area contributed by atoms with Gasteiger partial charge in [-0.2, -0.15) is 15.1 Å². The predicted octanol–water partition coefficient (Wildman–Crippen LogP) is 0.577. The number of aromatic nitrogens is 2. The number of hydrogen-bond acceptors (Lipinski definition) is 9. The first-order valence-corrected chi connectivity index (χ1v) is 5.69. The molecule has 0 saturated carbocycles. The van der Waals surface area contributed by atoms with Crippen LogP contribution >= 0.6 is 0 Å². The lowest BCUT2D eigenvalue weighted by Crippen LogP contribution is -2.08. The van der Waals surface area contributed by atoms with Crippen LogP contribution in [-0.4, -0.2) is 21.1 Å². The minimum atomic E-state index is -0.486. The van der Waals surface area contributed by atoms with Gasteiger partial charge in [0.1, 0.15) is 11.6 Å². The fraction of sp³-hybridized carbons (Fsp3) is 0. The van der Waals surface area contributed by atoms with Crippen molar-refractivity contribution in [3.8, 4) is 0 Å². The van der Waals surface area contributed by atoms with Crippen molar-refractivity contribution in [3.05, 3.63) is 39.9 Å². The van der Waals surface area contributed by atoms with E-state index in [1.165, 1.54) is 30.5 Å². The SMILES string of the molecule is Nc1nc(N)c(/C=N\Nc2ccc([N+](=O)[O-])cc2)c(N)n1. The lowest BCUT2D eigenvalue weighted by Gasteiger charge is -2.04. The van der Waals surface area contributed by atoms with Gasteiger partial charge in [0.05, 0.1) is 22.4 Å². The molecule has 0 radical (unpaired) electrons. The van der Waals surface area contributed by atoms with Gasteiger partial charge in [0, 0.05) is 12.1 Å². The van der Waals surface area contributed by atoms with E-state index >= 15 is 0 Å². The van der Waals surface area contributed by atoms with E-state index in [1.807, 2.05) is 0 Å². The second kappa shape index (κ2) is 5.69. The molecule has 0 amide bonds. The second-order valence-electron chi connectivity index (χ2n) is 3.94. The summed E-state index contributed by atoms with van der Waals surface area (Å²) in [6.07, 6.45) is 1.34. The first kappa shape index (κ1) is 14.0. The van der Waals surface area contributed by atoms with Crippen LogP contribution in [0.1, 0.15) is 5.56 Å². The summed E-state index contributed by atoms with van der Waals surface area (Å²) in [6.45, 7) is 0. The number of anilines is 4. The Labute approximate surface area is 118 Å². The quantitative estimate of drug-likeness (QED) is 0.359. The standard InChI is InChI=1S/C11H12N8O2/c12-9-8(10(13)17-11(14)16-9)5-15-18-6-1-3-7(4-2-6)19(20)21/h1-5,18H,(H6,12,13,14,16,17)/b15-5-. The van der Waals surface area contributed by atoms with Crippen LogP contribution in [0.15, 0.2) is 29.4 Å². The summed E-state index contributed by atoms with van der Waals surface area (Å²) in [5, 5.41) is 14.4. The van der Waals surface area contributed by atoms with E-state index in [0.29, 0.717) is 11.3 Å². The Kier molecular flexibility index (Phi) is 3.79. The zero-order chi connectivity index (χ0) is 15.4. The van der Waals surface area contributed by atoms with Crippen molar-refractivity contribution < 1.29 is 4.92 Å². The molecule has 0 atom stereocenters. The number of nitrogens with two attached hydrogens (primary N) is 3. The van der Waals surface area contributed by atoms with E-state index in [0.717, 1.165) is 0 Å². The normalized spacial score (nSPS) is 10.7. The molecule has 2 aromatic rings. The third kappa shape index (κ3) is 3.32. The van der Waals surface area contributed by atoms with Gasteiger partial charge in [0.2, 0.25) is 5.95 Å². The number of hydrazone groups is 1. The molecule has 7 N–H and O–H groups in total. The number of nitrogen functional groups attached to an aromatic ring is 3. The second-order valence-corrected chi connectivity index (χ2v) is 3.94. The molecule has 0 aliphatic heterocycles. The molecule has 2 rings (SSSR count). The van der Waals surface area contributed by atoms with Gasteiger partial charge in [-0.15, -0.1) is 0 Å². The summed E-state index contributed by atoms with van der Waals surface area (Å²) in [5.41, 5.74) is 20.2. The average molecular weight is 288 g/mol. The number of benzene rings is 1. The minimum absolute atomic E-state index is 0.00930. The number of nitro groups is 1. The molecule has 1 aromatic carbocycles. The zero-order valence-corrected chi connectivity index (χ0v) is 10.7. The fourth-order valence-electron chi connectivity index (χ4n) is 1.48. The molecule has 0 spiro atoms. The molecule has 0 saturated heterocycles. The van der Waals surface area contributed by atoms with E-state index in [1.54, 1.807) is 0 Å². The van der Waals surface area contributed by atoms with Gasteiger partial charge in [-0.3, -0.25) is 15.5 Å². The van der Waals surface area contributed by atoms with E-state index in [4.69, 9.17) is 17.2 Å². The topological polar surface area (TPSA) is 171 Å². The Morgan fingerprint density at radius 3 is 2.24 bits per heavy atom. The molecule has 21 heavy (non-hydrogen) atoms. The van der Waals surface area contributed by atoms with Crippen LogP contribution in [-0.2, 0) is 0 Å². The van der Waals surface area contributed by atoms with E-state index in [-0.39, 0.29) is 23.3 Å². The Balaban J connectivity index is 2.11. The van der Waals surface area contributed by atoms with Crippen molar-refractivity contribution in [3.63, 3.8) is 0 Å². The number of nitrogens with zero attached hydrogens (tertiary/aromatic N) is 4. The van der Waals surface area contributed by atoms with Crippen molar-refractivity contribution in [1.82, 2.24) is 9.97 Å². The molecular formula is C11H12N8O2. The van der Waals surface area contributed by atoms with Crippen molar-refractivity contribution in [2.75, 3.05) is 22.6 Å². The highest BCUT2D eigenvalue weighted by Gasteiger charge is 2.06. The minimum Gasteiger partial charge on any atom is -0.383 e. The van der Waals surface area contributed by atoms with Gasteiger partial charge in [0.15, 0.2) is 0 Å². The van der Waals surface area contributed by atoms with Gasteiger partial charge in [-0.25, -0.2) is 0 Å². The first-order valence-electron chi connectivity index (χ1n) is 5.69. The highest BCUT2D eigenvalue weighted by atomic mass is 16.6. The molecule has 0 aliphatic rings. The van der Waals surface area contributed by atoms with Gasteiger partial charge in [-0.05, 0) is 12.1 Å². The molecule has 0 aliphatic carbocycles.